The summed E-state index contributed by atoms with van der Waals surface area (Å²) in [6, 6.07) is 4.89. The minimum atomic E-state index is -4.10. The molecule has 0 unspecified atom stereocenters. The zero-order valence-corrected chi connectivity index (χ0v) is 15.2. The Bertz CT molecular complexity index is 599. The lowest BCUT2D eigenvalue weighted by atomic mass is 9.78. The van der Waals surface area contributed by atoms with Gasteiger partial charge >= 0.3 is 0 Å². The van der Waals surface area contributed by atoms with Crippen molar-refractivity contribution in [3.8, 4) is 0 Å². The number of aryl methyl sites for hydroxylation is 2. The minimum Gasteiger partial charge on any atom is -0.282 e. The van der Waals surface area contributed by atoms with E-state index >= 15 is 0 Å². The molecule has 1 aromatic carbocycles. The van der Waals surface area contributed by atoms with E-state index in [1.54, 1.807) is 12.1 Å². The first-order valence-electron chi connectivity index (χ1n) is 8.97. The van der Waals surface area contributed by atoms with Gasteiger partial charge in [-0.1, -0.05) is 57.9 Å². The second-order valence-corrected chi connectivity index (χ2v) is 8.55. The zero-order chi connectivity index (χ0) is 16.9. The summed E-state index contributed by atoms with van der Waals surface area (Å²) in [6.45, 7) is 4.27. The van der Waals surface area contributed by atoms with E-state index in [1.807, 2.05) is 6.92 Å². The second kappa shape index (κ2) is 8.29. The van der Waals surface area contributed by atoms with E-state index in [4.69, 9.17) is 0 Å². The summed E-state index contributed by atoms with van der Waals surface area (Å²) in [7, 11) is -4.10. The van der Waals surface area contributed by atoms with Crippen LogP contribution in [0.4, 0.5) is 0 Å². The van der Waals surface area contributed by atoms with Crippen LogP contribution in [0.1, 0.15) is 69.4 Å². The van der Waals surface area contributed by atoms with Gasteiger partial charge in [0.05, 0.1) is 4.90 Å². The highest BCUT2D eigenvalue weighted by molar-refractivity contribution is 7.85. The van der Waals surface area contributed by atoms with E-state index in [0.29, 0.717) is 0 Å². The molecule has 23 heavy (non-hydrogen) atoms. The van der Waals surface area contributed by atoms with Crippen molar-refractivity contribution in [2.24, 2.45) is 11.8 Å². The van der Waals surface area contributed by atoms with Crippen LogP contribution in [-0.2, 0) is 16.5 Å². The molecule has 1 aromatic rings. The lowest BCUT2D eigenvalue weighted by Gasteiger charge is -2.28. The van der Waals surface area contributed by atoms with Crippen LogP contribution >= 0.6 is 0 Å². The maximum atomic E-state index is 11.3. The predicted octanol–water partition coefficient (Wildman–Crippen LogP) is 5.17. The zero-order valence-electron chi connectivity index (χ0n) is 14.4. The molecule has 3 nitrogen and oxygen atoms in total. The van der Waals surface area contributed by atoms with Gasteiger partial charge in [-0.25, -0.2) is 0 Å². The molecule has 0 saturated heterocycles. The Hall–Kier alpha value is -0.870. The van der Waals surface area contributed by atoms with Crippen molar-refractivity contribution in [3.05, 3.63) is 29.3 Å². The quantitative estimate of drug-likeness (QED) is 0.698. The Kier molecular flexibility index (Phi) is 6.66. The summed E-state index contributed by atoms with van der Waals surface area (Å²) in [6.07, 6.45) is 11.4. The van der Waals surface area contributed by atoms with Gasteiger partial charge in [0.15, 0.2) is 0 Å². The number of hydrogen-bond acceptors (Lipinski definition) is 2. The highest BCUT2D eigenvalue weighted by Crippen LogP contribution is 2.34. The van der Waals surface area contributed by atoms with Gasteiger partial charge in [-0.15, -0.1) is 0 Å². The van der Waals surface area contributed by atoms with Crippen molar-refractivity contribution in [2.45, 2.75) is 76.5 Å². The molecule has 0 heterocycles. The molecule has 1 aliphatic rings. The van der Waals surface area contributed by atoms with Crippen LogP contribution in [0.5, 0.6) is 0 Å². The molecule has 2 rings (SSSR count). The summed E-state index contributed by atoms with van der Waals surface area (Å²) in [5, 5.41) is 0. The monoisotopic (exact) mass is 338 g/mol. The summed E-state index contributed by atoms with van der Waals surface area (Å²) >= 11 is 0. The summed E-state index contributed by atoms with van der Waals surface area (Å²) in [4.78, 5) is 0.0122. The molecule has 0 amide bonds. The number of benzene rings is 1. The van der Waals surface area contributed by atoms with E-state index in [9.17, 15) is 13.0 Å². The van der Waals surface area contributed by atoms with Crippen LogP contribution in [0.3, 0.4) is 0 Å². The van der Waals surface area contributed by atoms with Gasteiger partial charge in [-0.05, 0) is 54.9 Å². The van der Waals surface area contributed by atoms with Crippen molar-refractivity contribution in [1.82, 2.24) is 0 Å². The second-order valence-electron chi connectivity index (χ2n) is 7.13. The molecule has 0 aromatic heterocycles. The van der Waals surface area contributed by atoms with Crippen molar-refractivity contribution in [3.63, 3.8) is 0 Å². The van der Waals surface area contributed by atoms with Crippen LogP contribution in [0.2, 0.25) is 0 Å². The molecular weight excluding hydrogens is 308 g/mol. The van der Waals surface area contributed by atoms with Crippen LogP contribution in [0.15, 0.2) is 23.1 Å². The third-order valence-corrected chi connectivity index (χ3v) is 6.19. The largest absolute Gasteiger partial charge is 0.294 e. The van der Waals surface area contributed by atoms with Gasteiger partial charge < -0.3 is 0 Å². The molecule has 1 aliphatic carbocycles. The molecule has 0 aliphatic heterocycles. The number of rotatable bonds is 7. The number of hydrogen-bond donors (Lipinski definition) is 1. The first-order chi connectivity index (χ1) is 10.9. The lowest BCUT2D eigenvalue weighted by Crippen LogP contribution is -2.14. The fraction of sp³-hybridized carbons (Fsp3) is 0.684. The first kappa shape index (κ1) is 18.5. The van der Waals surface area contributed by atoms with Gasteiger partial charge in [0, 0.05) is 0 Å². The highest BCUT2D eigenvalue weighted by Gasteiger charge is 2.20. The standard InChI is InChI=1S/C19H30O3S/c1-3-5-16-9-11-17(12-10-16)6-4-7-18-14-19(23(20,21)22)13-8-15(18)2/h8,13-14,16-17H,3-7,9-12H2,1-2H3,(H,20,21,22). The smallest absolute Gasteiger partial charge is 0.282 e. The molecule has 1 fully saturated rings. The van der Waals surface area contributed by atoms with Crippen LogP contribution in [0.25, 0.3) is 0 Å². The molecule has 1 saturated carbocycles. The van der Waals surface area contributed by atoms with Crippen molar-refractivity contribution in [1.29, 1.82) is 0 Å². The molecule has 0 bridgehead atoms. The van der Waals surface area contributed by atoms with E-state index in [-0.39, 0.29) is 4.90 Å². The van der Waals surface area contributed by atoms with E-state index in [0.717, 1.165) is 35.8 Å². The minimum absolute atomic E-state index is 0.0122. The predicted molar refractivity (Wildman–Crippen MR) is 94.3 cm³/mol. The van der Waals surface area contributed by atoms with Gasteiger partial charge in [-0.2, -0.15) is 8.42 Å². The van der Waals surface area contributed by atoms with Crippen LogP contribution in [0, 0.1) is 18.8 Å². The molecular formula is C19H30O3S. The Morgan fingerprint density at radius 2 is 1.70 bits per heavy atom. The first-order valence-corrected chi connectivity index (χ1v) is 10.4. The van der Waals surface area contributed by atoms with Gasteiger partial charge in [0.25, 0.3) is 10.1 Å². The summed E-state index contributed by atoms with van der Waals surface area (Å²) in [5.41, 5.74) is 2.14. The summed E-state index contributed by atoms with van der Waals surface area (Å²) in [5.74, 6) is 1.79. The Balaban J connectivity index is 1.83. The third kappa shape index (κ3) is 5.61. The summed E-state index contributed by atoms with van der Waals surface area (Å²) < 4.78 is 31.7. The Labute approximate surface area is 141 Å². The van der Waals surface area contributed by atoms with E-state index < -0.39 is 10.1 Å². The fourth-order valence-corrected chi connectivity index (χ4v) is 4.41. The van der Waals surface area contributed by atoms with Crippen LogP contribution < -0.4 is 0 Å². The maximum Gasteiger partial charge on any atom is 0.294 e. The van der Waals surface area contributed by atoms with Gasteiger partial charge in [-0.3, -0.25) is 4.55 Å². The normalized spacial score (nSPS) is 22.2. The van der Waals surface area contributed by atoms with E-state index in [2.05, 4.69) is 6.92 Å². The molecule has 0 atom stereocenters. The molecule has 4 heteroatoms. The van der Waals surface area contributed by atoms with Gasteiger partial charge in [0.2, 0.25) is 0 Å². The lowest BCUT2D eigenvalue weighted by molar-refractivity contribution is 0.249. The maximum absolute atomic E-state index is 11.3. The van der Waals surface area contributed by atoms with Gasteiger partial charge in [0.1, 0.15) is 0 Å². The molecule has 0 radical (unpaired) electrons. The van der Waals surface area contributed by atoms with Crippen molar-refractivity contribution < 1.29 is 13.0 Å². The molecule has 1 N–H and O–H groups in total. The molecule has 130 valence electrons. The average Bonchev–Trinajstić information content (AvgIpc) is 2.50. The van der Waals surface area contributed by atoms with Crippen LogP contribution in [-0.4, -0.2) is 13.0 Å². The Morgan fingerprint density at radius 1 is 1.09 bits per heavy atom. The topological polar surface area (TPSA) is 54.4 Å². The van der Waals surface area contributed by atoms with Crippen molar-refractivity contribution >= 4 is 10.1 Å². The average molecular weight is 339 g/mol. The SMILES string of the molecule is CCCC1CCC(CCCc2cc(S(=O)(=O)O)ccc2C)CC1. The third-order valence-electron chi connectivity index (χ3n) is 5.34. The fourth-order valence-electron chi connectivity index (χ4n) is 3.88. The van der Waals surface area contributed by atoms with E-state index in [1.165, 1.54) is 51.0 Å². The van der Waals surface area contributed by atoms with Crippen molar-refractivity contribution in [2.75, 3.05) is 0 Å². The highest BCUT2D eigenvalue weighted by atomic mass is 32.2. The molecule has 0 spiro atoms. The Morgan fingerprint density at radius 3 is 2.26 bits per heavy atom.